The van der Waals surface area contributed by atoms with Crippen LogP contribution in [0.1, 0.15) is 11.1 Å². The normalized spacial score (nSPS) is 18.4. The molecule has 2 rings (SSSR count). The molecular weight excluding hydrogens is 236 g/mol. The first-order valence-electron chi connectivity index (χ1n) is 5.94. The zero-order chi connectivity index (χ0) is 12.4. The van der Waals surface area contributed by atoms with Gasteiger partial charge in [-0.2, -0.15) is 0 Å². The van der Waals surface area contributed by atoms with Crippen molar-refractivity contribution in [1.29, 1.82) is 0 Å². The van der Waals surface area contributed by atoms with Gasteiger partial charge in [-0.15, -0.1) is 5.06 Å². The molecule has 1 heterocycles. The number of hydrogen-bond acceptors (Lipinski definition) is 3. The molecule has 0 radical (unpaired) electrons. The standard InChI is InChI=1S/C13H19ClN2O/c1-10-8-12(14)11(2)13(9-10)17-16-6-4-15(3)5-7-16/h8-9H,4-7H2,1-3H3. The van der Waals surface area contributed by atoms with Gasteiger partial charge in [-0.25, -0.2) is 0 Å². The second-order valence-electron chi connectivity index (χ2n) is 4.69. The summed E-state index contributed by atoms with van der Waals surface area (Å²) in [7, 11) is 2.13. The first kappa shape index (κ1) is 12.7. The predicted molar refractivity (Wildman–Crippen MR) is 70.6 cm³/mol. The van der Waals surface area contributed by atoms with Gasteiger partial charge in [-0.05, 0) is 38.6 Å². The summed E-state index contributed by atoms with van der Waals surface area (Å²) in [5, 5.41) is 2.78. The second-order valence-corrected chi connectivity index (χ2v) is 5.10. The molecule has 1 fully saturated rings. The summed E-state index contributed by atoms with van der Waals surface area (Å²) in [4.78, 5) is 8.22. The van der Waals surface area contributed by atoms with Crippen LogP contribution in [-0.2, 0) is 0 Å². The summed E-state index contributed by atoms with van der Waals surface area (Å²) in [6.45, 7) is 7.97. The lowest BCUT2D eigenvalue weighted by Crippen LogP contribution is -2.45. The van der Waals surface area contributed by atoms with Gasteiger partial charge in [-0.3, -0.25) is 0 Å². The third-order valence-electron chi connectivity index (χ3n) is 3.13. The van der Waals surface area contributed by atoms with E-state index in [4.69, 9.17) is 16.4 Å². The van der Waals surface area contributed by atoms with Crippen molar-refractivity contribution < 1.29 is 4.84 Å². The van der Waals surface area contributed by atoms with Crippen molar-refractivity contribution in [3.8, 4) is 5.75 Å². The molecular formula is C13H19ClN2O. The topological polar surface area (TPSA) is 15.7 Å². The first-order chi connectivity index (χ1) is 8.06. The Morgan fingerprint density at radius 3 is 2.41 bits per heavy atom. The van der Waals surface area contributed by atoms with E-state index in [1.807, 2.05) is 31.0 Å². The summed E-state index contributed by atoms with van der Waals surface area (Å²) in [6, 6.07) is 4.01. The van der Waals surface area contributed by atoms with Crippen molar-refractivity contribution in [2.75, 3.05) is 33.2 Å². The monoisotopic (exact) mass is 254 g/mol. The molecule has 0 unspecified atom stereocenters. The van der Waals surface area contributed by atoms with Crippen LogP contribution in [-0.4, -0.2) is 43.2 Å². The highest BCUT2D eigenvalue weighted by Crippen LogP contribution is 2.28. The average Bonchev–Trinajstić information content (AvgIpc) is 2.28. The molecule has 0 aromatic heterocycles. The molecule has 1 saturated heterocycles. The van der Waals surface area contributed by atoms with Crippen molar-refractivity contribution in [3.63, 3.8) is 0 Å². The molecule has 0 spiro atoms. The summed E-state index contributed by atoms with van der Waals surface area (Å²) < 4.78 is 0. The highest BCUT2D eigenvalue weighted by molar-refractivity contribution is 6.31. The SMILES string of the molecule is Cc1cc(Cl)c(C)c(ON2CCN(C)CC2)c1. The fraction of sp³-hybridized carbons (Fsp3) is 0.538. The van der Waals surface area contributed by atoms with Gasteiger partial charge in [0, 0.05) is 36.8 Å². The van der Waals surface area contributed by atoms with E-state index in [9.17, 15) is 0 Å². The molecule has 1 aliphatic rings. The van der Waals surface area contributed by atoms with Gasteiger partial charge in [0.05, 0.1) is 0 Å². The van der Waals surface area contributed by atoms with E-state index in [2.05, 4.69) is 11.9 Å². The number of hydroxylamine groups is 2. The molecule has 0 atom stereocenters. The smallest absolute Gasteiger partial charge is 0.152 e. The number of benzene rings is 1. The Balaban J connectivity index is 2.08. The number of hydrogen-bond donors (Lipinski definition) is 0. The van der Waals surface area contributed by atoms with Crippen LogP contribution >= 0.6 is 11.6 Å². The minimum atomic E-state index is 0.772. The molecule has 0 amide bonds. The minimum Gasteiger partial charge on any atom is -0.406 e. The Morgan fingerprint density at radius 1 is 1.12 bits per heavy atom. The van der Waals surface area contributed by atoms with E-state index in [1.165, 1.54) is 0 Å². The third kappa shape index (κ3) is 3.12. The van der Waals surface area contributed by atoms with Gasteiger partial charge in [-0.1, -0.05) is 11.6 Å². The molecule has 0 aliphatic carbocycles. The van der Waals surface area contributed by atoms with Crippen LogP contribution in [0.5, 0.6) is 5.75 Å². The van der Waals surface area contributed by atoms with E-state index in [0.29, 0.717) is 0 Å². The zero-order valence-electron chi connectivity index (χ0n) is 10.7. The Kier molecular flexibility index (Phi) is 3.92. The maximum absolute atomic E-state index is 6.15. The number of halogens is 1. The Morgan fingerprint density at radius 2 is 1.76 bits per heavy atom. The van der Waals surface area contributed by atoms with Crippen LogP contribution in [0, 0.1) is 13.8 Å². The van der Waals surface area contributed by atoms with E-state index in [0.717, 1.165) is 48.1 Å². The molecule has 1 aromatic carbocycles. The van der Waals surface area contributed by atoms with Gasteiger partial charge in [0.25, 0.3) is 0 Å². The number of rotatable bonds is 2. The van der Waals surface area contributed by atoms with Gasteiger partial charge < -0.3 is 9.74 Å². The number of piperazine rings is 1. The molecule has 0 bridgehead atoms. The van der Waals surface area contributed by atoms with E-state index < -0.39 is 0 Å². The minimum absolute atomic E-state index is 0.772. The van der Waals surface area contributed by atoms with E-state index in [-0.39, 0.29) is 0 Å². The maximum Gasteiger partial charge on any atom is 0.152 e. The lowest BCUT2D eigenvalue weighted by atomic mass is 10.1. The van der Waals surface area contributed by atoms with Crippen LogP contribution in [0.2, 0.25) is 5.02 Å². The van der Waals surface area contributed by atoms with Crippen LogP contribution in [0.4, 0.5) is 0 Å². The molecule has 1 aliphatic heterocycles. The molecule has 4 heteroatoms. The quantitative estimate of drug-likeness (QED) is 0.807. The van der Waals surface area contributed by atoms with Crippen molar-refractivity contribution in [2.24, 2.45) is 0 Å². The van der Waals surface area contributed by atoms with Gasteiger partial charge >= 0.3 is 0 Å². The van der Waals surface area contributed by atoms with Gasteiger partial charge in [0.1, 0.15) is 0 Å². The molecule has 0 N–H and O–H groups in total. The highest BCUT2D eigenvalue weighted by Gasteiger charge is 2.16. The summed E-state index contributed by atoms with van der Waals surface area (Å²) in [5.74, 6) is 0.875. The van der Waals surface area contributed by atoms with Crippen molar-refractivity contribution in [1.82, 2.24) is 9.96 Å². The Hall–Kier alpha value is -0.770. The first-order valence-corrected chi connectivity index (χ1v) is 6.32. The molecule has 3 nitrogen and oxygen atoms in total. The average molecular weight is 255 g/mol. The van der Waals surface area contributed by atoms with E-state index in [1.54, 1.807) is 0 Å². The number of nitrogens with zero attached hydrogens (tertiary/aromatic N) is 2. The molecule has 0 saturated carbocycles. The predicted octanol–water partition coefficient (Wildman–Crippen LogP) is 2.50. The molecule has 94 valence electrons. The number of aryl methyl sites for hydroxylation is 1. The summed E-state index contributed by atoms with van der Waals surface area (Å²) >= 11 is 6.15. The lowest BCUT2D eigenvalue weighted by Gasteiger charge is -2.32. The zero-order valence-corrected chi connectivity index (χ0v) is 11.4. The van der Waals surface area contributed by atoms with Crippen LogP contribution in [0.25, 0.3) is 0 Å². The maximum atomic E-state index is 6.15. The van der Waals surface area contributed by atoms with Gasteiger partial charge in [0.2, 0.25) is 0 Å². The molecule has 17 heavy (non-hydrogen) atoms. The molecule has 1 aromatic rings. The van der Waals surface area contributed by atoms with Crippen molar-refractivity contribution >= 4 is 11.6 Å². The van der Waals surface area contributed by atoms with Crippen LogP contribution in [0.15, 0.2) is 12.1 Å². The second kappa shape index (κ2) is 5.25. The third-order valence-corrected chi connectivity index (χ3v) is 3.52. The van der Waals surface area contributed by atoms with Crippen molar-refractivity contribution in [2.45, 2.75) is 13.8 Å². The number of likely N-dealkylation sites (N-methyl/N-ethyl adjacent to an activating group) is 1. The van der Waals surface area contributed by atoms with E-state index >= 15 is 0 Å². The summed E-state index contributed by atoms with van der Waals surface area (Å²) in [6.07, 6.45) is 0. The largest absolute Gasteiger partial charge is 0.406 e. The fourth-order valence-electron chi connectivity index (χ4n) is 1.90. The summed E-state index contributed by atoms with van der Waals surface area (Å²) in [5.41, 5.74) is 2.14. The lowest BCUT2D eigenvalue weighted by molar-refractivity contribution is -0.0854. The van der Waals surface area contributed by atoms with Gasteiger partial charge in [0.15, 0.2) is 5.75 Å². The van der Waals surface area contributed by atoms with Crippen molar-refractivity contribution in [3.05, 3.63) is 28.3 Å². The van der Waals surface area contributed by atoms with Crippen LogP contribution in [0.3, 0.4) is 0 Å². The Labute approximate surface area is 108 Å². The van der Waals surface area contributed by atoms with Crippen LogP contribution < -0.4 is 4.84 Å². The fourth-order valence-corrected chi connectivity index (χ4v) is 2.16. The highest BCUT2D eigenvalue weighted by atomic mass is 35.5. The Bertz CT molecular complexity index is 401.